The Kier molecular flexibility index (Phi) is 5.88. The van der Waals surface area contributed by atoms with E-state index in [1.807, 2.05) is 29.2 Å². The number of ether oxygens (including phenoxy) is 1. The van der Waals surface area contributed by atoms with Crippen LogP contribution in [0.1, 0.15) is 5.56 Å². The molecule has 0 aromatic heterocycles. The third kappa shape index (κ3) is 3.85. The number of hydrogen-bond donors (Lipinski definition) is 1. The van der Waals surface area contributed by atoms with Gasteiger partial charge in [-0.3, -0.25) is 4.90 Å². The predicted octanol–water partition coefficient (Wildman–Crippen LogP) is 2.05. The summed E-state index contributed by atoms with van der Waals surface area (Å²) in [5, 5.41) is 9.61. The van der Waals surface area contributed by atoms with E-state index < -0.39 is 12.1 Å². The van der Waals surface area contributed by atoms with E-state index in [0.29, 0.717) is 24.7 Å². The van der Waals surface area contributed by atoms with E-state index in [4.69, 9.17) is 21.4 Å². The molecule has 1 N–H and O–H groups in total. The highest BCUT2D eigenvalue weighted by Gasteiger charge is 2.26. The number of nitrogens with zero attached hydrogens (tertiary/aromatic N) is 1. The van der Waals surface area contributed by atoms with Crippen LogP contribution in [-0.2, 0) is 16.1 Å². The van der Waals surface area contributed by atoms with Gasteiger partial charge >= 0.3 is 5.97 Å². The van der Waals surface area contributed by atoms with Gasteiger partial charge in [-0.1, -0.05) is 29.8 Å². The number of hydrogen-bond acceptors (Lipinski definition) is 3. The molecule has 0 radical (unpaired) electrons. The maximum atomic E-state index is 10.8. The van der Waals surface area contributed by atoms with Crippen molar-refractivity contribution in [3.8, 4) is 0 Å². The molecule has 1 aromatic carbocycles. The van der Waals surface area contributed by atoms with Crippen molar-refractivity contribution in [3.63, 3.8) is 0 Å². The summed E-state index contributed by atoms with van der Waals surface area (Å²) in [4.78, 5) is 12.9. The molecule has 1 aliphatic rings. The van der Waals surface area contributed by atoms with E-state index in [2.05, 4.69) is 0 Å². The summed E-state index contributed by atoms with van der Waals surface area (Å²) < 4.78 is 5.16. The van der Waals surface area contributed by atoms with Crippen LogP contribution in [0.4, 0.5) is 0 Å². The first kappa shape index (κ1) is 15.2. The Hall–Kier alpha value is -0.810. The van der Waals surface area contributed by atoms with Crippen LogP contribution in [0.2, 0.25) is 5.02 Å². The lowest BCUT2D eigenvalue weighted by Gasteiger charge is -2.30. The lowest BCUT2D eigenvalue weighted by Crippen LogP contribution is -2.45. The Bertz CT molecular complexity index is 414. The Morgan fingerprint density at radius 2 is 2.22 bits per heavy atom. The molecule has 0 saturated carbocycles. The van der Waals surface area contributed by atoms with E-state index in [9.17, 15) is 4.79 Å². The normalized spacial score (nSPS) is 20.2. The first-order valence-corrected chi connectivity index (χ1v) is 5.85. The standard InChI is InChI=1S/C12H14ClNO3.ClH/c13-10-4-2-1-3-9(10)7-14-5-6-17-11(8-14)12(15)16;/h1-4,11H,5-8H2,(H,15,16);1H. The van der Waals surface area contributed by atoms with Gasteiger partial charge in [-0.15, -0.1) is 12.4 Å². The number of benzene rings is 1. The molecule has 0 aliphatic carbocycles. The Balaban J connectivity index is 0.00000162. The number of aliphatic carboxylic acids is 1. The van der Waals surface area contributed by atoms with Crippen LogP contribution in [0.25, 0.3) is 0 Å². The molecule has 1 saturated heterocycles. The van der Waals surface area contributed by atoms with Crippen LogP contribution in [-0.4, -0.2) is 41.8 Å². The Labute approximate surface area is 117 Å². The van der Waals surface area contributed by atoms with E-state index in [1.165, 1.54) is 0 Å². The second-order valence-electron chi connectivity index (χ2n) is 4.02. The second-order valence-corrected chi connectivity index (χ2v) is 4.43. The van der Waals surface area contributed by atoms with Crippen LogP contribution in [0.5, 0.6) is 0 Å². The topological polar surface area (TPSA) is 49.8 Å². The zero-order chi connectivity index (χ0) is 12.3. The third-order valence-corrected chi connectivity index (χ3v) is 3.15. The summed E-state index contributed by atoms with van der Waals surface area (Å²) >= 11 is 6.07. The van der Waals surface area contributed by atoms with Gasteiger partial charge in [0.25, 0.3) is 0 Å². The second kappa shape index (κ2) is 6.95. The first-order chi connectivity index (χ1) is 8.16. The third-order valence-electron chi connectivity index (χ3n) is 2.78. The minimum atomic E-state index is -0.908. The van der Waals surface area contributed by atoms with Gasteiger partial charge in [0.1, 0.15) is 0 Å². The monoisotopic (exact) mass is 291 g/mol. The molecular formula is C12H15Cl2NO3. The van der Waals surface area contributed by atoms with E-state index in [1.54, 1.807) is 0 Å². The van der Waals surface area contributed by atoms with Crippen molar-refractivity contribution in [2.24, 2.45) is 0 Å². The molecule has 1 fully saturated rings. The van der Waals surface area contributed by atoms with Crippen molar-refractivity contribution in [2.45, 2.75) is 12.6 Å². The van der Waals surface area contributed by atoms with Gasteiger partial charge in [0, 0.05) is 24.7 Å². The van der Waals surface area contributed by atoms with Crippen LogP contribution < -0.4 is 0 Å². The number of carbonyl (C=O) groups is 1. The van der Waals surface area contributed by atoms with Crippen molar-refractivity contribution in [2.75, 3.05) is 19.7 Å². The maximum Gasteiger partial charge on any atom is 0.334 e. The smallest absolute Gasteiger partial charge is 0.334 e. The molecule has 1 aromatic rings. The fourth-order valence-electron chi connectivity index (χ4n) is 1.86. The van der Waals surface area contributed by atoms with Gasteiger partial charge in [-0.25, -0.2) is 4.79 Å². The quantitative estimate of drug-likeness (QED) is 0.926. The summed E-state index contributed by atoms with van der Waals surface area (Å²) in [6.45, 7) is 2.24. The number of morpholine rings is 1. The number of rotatable bonds is 3. The van der Waals surface area contributed by atoms with Crippen LogP contribution in [0, 0.1) is 0 Å². The van der Waals surface area contributed by atoms with Gasteiger partial charge in [0.15, 0.2) is 6.10 Å². The average molecular weight is 292 g/mol. The molecule has 2 rings (SSSR count). The summed E-state index contributed by atoms with van der Waals surface area (Å²) in [7, 11) is 0. The summed E-state index contributed by atoms with van der Waals surface area (Å²) in [6, 6.07) is 7.60. The molecule has 1 atom stereocenters. The molecule has 0 spiro atoms. The van der Waals surface area contributed by atoms with Crippen molar-refractivity contribution < 1.29 is 14.6 Å². The molecule has 1 aliphatic heterocycles. The molecule has 6 heteroatoms. The Morgan fingerprint density at radius 1 is 1.50 bits per heavy atom. The molecular weight excluding hydrogens is 277 g/mol. The van der Waals surface area contributed by atoms with Gasteiger partial charge in [-0.2, -0.15) is 0 Å². The molecule has 1 heterocycles. The molecule has 100 valence electrons. The van der Waals surface area contributed by atoms with Crippen molar-refractivity contribution >= 4 is 30.0 Å². The van der Waals surface area contributed by atoms with E-state index in [0.717, 1.165) is 12.1 Å². The molecule has 1 unspecified atom stereocenters. The molecule has 18 heavy (non-hydrogen) atoms. The summed E-state index contributed by atoms with van der Waals surface area (Å²) in [6.07, 6.45) is -0.730. The highest BCUT2D eigenvalue weighted by molar-refractivity contribution is 6.31. The number of carboxylic acid groups (broad SMARTS) is 1. The van der Waals surface area contributed by atoms with Crippen molar-refractivity contribution in [3.05, 3.63) is 34.9 Å². The SMILES string of the molecule is Cl.O=C(O)C1CN(Cc2ccccc2Cl)CCO1. The van der Waals surface area contributed by atoms with Crippen molar-refractivity contribution in [1.82, 2.24) is 4.90 Å². The van der Waals surface area contributed by atoms with Crippen LogP contribution in [0.15, 0.2) is 24.3 Å². The Morgan fingerprint density at radius 3 is 2.89 bits per heavy atom. The average Bonchev–Trinajstić information content (AvgIpc) is 2.32. The van der Waals surface area contributed by atoms with Gasteiger partial charge in [-0.05, 0) is 11.6 Å². The van der Waals surface area contributed by atoms with Gasteiger partial charge in [0.2, 0.25) is 0 Å². The van der Waals surface area contributed by atoms with Gasteiger partial charge < -0.3 is 9.84 Å². The van der Waals surface area contributed by atoms with Crippen molar-refractivity contribution in [1.29, 1.82) is 0 Å². The summed E-state index contributed by atoms with van der Waals surface area (Å²) in [5.41, 5.74) is 1.01. The zero-order valence-corrected chi connectivity index (χ0v) is 11.3. The summed E-state index contributed by atoms with van der Waals surface area (Å²) in [5.74, 6) is -0.908. The largest absolute Gasteiger partial charge is 0.479 e. The van der Waals surface area contributed by atoms with Gasteiger partial charge in [0.05, 0.1) is 6.61 Å². The number of halogens is 2. The maximum absolute atomic E-state index is 10.8. The molecule has 4 nitrogen and oxygen atoms in total. The predicted molar refractivity (Wildman–Crippen MR) is 71.4 cm³/mol. The highest BCUT2D eigenvalue weighted by Crippen LogP contribution is 2.18. The zero-order valence-electron chi connectivity index (χ0n) is 9.71. The van der Waals surface area contributed by atoms with E-state index >= 15 is 0 Å². The highest BCUT2D eigenvalue weighted by atomic mass is 35.5. The molecule has 0 amide bonds. The lowest BCUT2D eigenvalue weighted by atomic mass is 10.2. The number of carboxylic acids is 1. The fourth-order valence-corrected chi connectivity index (χ4v) is 2.06. The minimum absolute atomic E-state index is 0. The molecule has 0 bridgehead atoms. The van der Waals surface area contributed by atoms with Crippen LogP contribution >= 0.6 is 24.0 Å². The minimum Gasteiger partial charge on any atom is -0.479 e. The lowest BCUT2D eigenvalue weighted by molar-refractivity contribution is -0.156. The van der Waals surface area contributed by atoms with E-state index in [-0.39, 0.29) is 12.4 Å². The first-order valence-electron chi connectivity index (χ1n) is 5.47. The fraction of sp³-hybridized carbons (Fsp3) is 0.417. The van der Waals surface area contributed by atoms with Crippen LogP contribution in [0.3, 0.4) is 0 Å².